The van der Waals surface area contributed by atoms with Gasteiger partial charge in [-0.25, -0.2) is 18.4 Å². The van der Waals surface area contributed by atoms with Crippen LogP contribution in [0.5, 0.6) is 5.75 Å². The van der Waals surface area contributed by atoms with E-state index in [1.54, 1.807) is 29.9 Å². The fourth-order valence-corrected chi connectivity index (χ4v) is 5.54. The lowest BCUT2D eigenvalue weighted by Crippen LogP contribution is -2.09. The SMILES string of the molecule is COc1ccc(Cn2c(N)c(S(=O)(=O)c3cccc(C)c3)c3nc4ccccc4nc32)cc1. The first-order valence-electron chi connectivity index (χ1n) is 10.4. The summed E-state index contributed by atoms with van der Waals surface area (Å²) in [4.78, 5) is 9.58. The topological polar surface area (TPSA) is 100 Å². The Morgan fingerprint density at radius 3 is 2.30 bits per heavy atom. The van der Waals surface area contributed by atoms with E-state index in [9.17, 15) is 8.42 Å². The Balaban J connectivity index is 1.78. The van der Waals surface area contributed by atoms with Crippen LogP contribution in [0.2, 0.25) is 0 Å². The summed E-state index contributed by atoms with van der Waals surface area (Å²) < 4.78 is 34.4. The number of benzene rings is 3. The minimum atomic E-state index is -3.94. The summed E-state index contributed by atoms with van der Waals surface area (Å²) in [7, 11) is -2.33. The Bertz CT molecular complexity index is 1610. The second-order valence-electron chi connectivity index (χ2n) is 7.85. The number of nitrogens with two attached hydrogens (primary N) is 1. The minimum absolute atomic E-state index is 0.0186. The molecule has 8 heteroatoms. The lowest BCUT2D eigenvalue weighted by molar-refractivity contribution is 0.414. The largest absolute Gasteiger partial charge is 0.497 e. The summed E-state index contributed by atoms with van der Waals surface area (Å²) in [5.74, 6) is 0.843. The number of aryl methyl sites for hydroxylation is 1. The average molecular weight is 459 g/mol. The van der Waals surface area contributed by atoms with Gasteiger partial charge in [0.25, 0.3) is 0 Å². The highest BCUT2D eigenvalue weighted by Gasteiger charge is 2.30. The van der Waals surface area contributed by atoms with Crippen molar-refractivity contribution < 1.29 is 13.2 Å². The Hall–Kier alpha value is -3.91. The molecule has 0 amide bonds. The van der Waals surface area contributed by atoms with Gasteiger partial charge in [-0.05, 0) is 54.4 Å². The van der Waals surface area contributed by atoms with Crippen LogP contribution in [-0.4, -0.2) is 30.1 Å². The number of ether oxygens (including phenoxy) is 1. The predicted octanol–water partition coefficient (Wildman–Crippen LogP) is 4.36. The van der Waals surface area contributed by atoms with Crippen LogP contribution in [-0.2, 0) is 16.4 Å². The quantitative estimate of drug-likeness (QED) is 0.420. The summed E-state index contributed by atoms with van der Waals surface area (Å²) in [5.41, 5.74) is 10.2. The van der Waals surface area contributed by atoms with Gasteiger partial charge in [0.1, 0.15) is 22.0 Å². The van der Waals surface area contributed by atoms with Crippen molar-refractivity contribution in [2.45, 2.75) is 23.3 Å². The number of sulfone groups is 1. The zero-order valence-corrected chi connectivity index (χ0v) is 19.0. The zero-order chi connectivity index (χ0) is 23.2. The highest BCUT2D eigenvalue weighted by atomic mass is 32.2. The molecule has 2 heterocycles. The molecule has 0 unspecified atom stereocenters. The van der Waals surface area contributed by atoms with Crippen LogP contribution in [0.25, 0.3) is 22.2 Å². The smallest absolute Gasteiger partial charge is 0.212 e. The van der Waals surface area contributed by atoms with Gasteiger partial charge in [0.15, 0.2) is 5.65 Å². The van der Waals surface area contributed by atoms with Crippen LogP contribution in [0, 0.1) is 6.92 Å². The second kappa shape index (κ2) is 7.90. The third-order valence-electron chi connectivity index (χ3n) is 5.61. The molecule has 0 radical (unpaired) electrons. The molecular weight excluding hydrogens is 436 g/mol. The molecule has 0 saturated heterocycles. The lowest BCUT2D eigenvalue weighted by atomic mass is 10.2. The zero-order valence-electron chi connectivity index (χ0n) is 18.2. The van der Waals surface area contributed by atoms with Crippen molar-refractivity contribution in [3.63, 3.8) is 0 Å². The van der Waals surface area contributed by atoms with Crippen molar-refractivity contribution in [2.75, 3.05) is 12.8 Å². The van der Waals surface area contributed by atoms with E-state index in [0.29, 0.717) is 23.2 Å². The van der Waals surface area contributed by atoms with Gasteiger partial charge >= 0.3 is 0 Å². The number of methoxy groups -OCH3 is 1. The summed E-state index contributed by atoms with van der Waals surface area (Å²) in [6, 6.07) is 21.7. The molecular formula is C25H22N4O3S. The molecule has 5 rings (SSSR count). The fraction of sp³-hybridized carbons (Fsp3) is 0.120. The maximum atomic E-state index is 13.7. The van der Waals surface area contributed by atoms with Gasteiger partial charge in [0.2, 0.25) is 9.84 Å². The summed E-state index contributed by atoms with van der Waals surface area (Å²) in [5, 5.41) is 0. The molecule has 33 heavy (non-hydrogen) atoms. The molecule has 2 N–H and O–H groups in total. The van der Waals surface area contributed by atoms with E-state index in [0.717, 1.165) is 16.9 Å². The van der Waals surface area contributed by atoms with E-state index in [2.05, 4.69) is 4.98 Å². The third-order valence-corrected chi connectivity index (χ3v) is 7.43. The van der Waals surface area contributed by atoms with E-state index in [4.69, 9.17) is 15.5 Å². The third kappa shape index (κ3) is 3.58. The minimum Gasteiger partial charge on any atom is -0.497 e. The number of hydrogen-bond acceptors (Lipinski definition) is 6. The average Bonchev–Trinajstić information content (AvgIpc) is 3.09. The number of para-hydroxylation sites is 2. The molecule has 5 aromatic rings. The molecule has 0 spiro atoms. The monoisotopic (exact) mass is 458 g/mol. The van der Waals surface area contributed by atoms with Crippen LogP contribution in [0.1, 0.15) is 11.1 Å². The normalized spacial score (nSPS) is 11.8. The van der Waals surface area contributed by atoms with Gasteiger partial charge in [-0.15, -0.1) is 0 Å². The van der Waals surface area contributed by atoms with Gasteiger partial charge in [-0.2, -0.15) is 0 Å². The maximum Gasteiger partial charge on any atom is 0.212 e. The van der Waals surface area contributed by atoms with Crippen LogP contribution in [0.3, 0.4) is 0 Å². The molecule has 0 atom stereocenters. The number of nitrogen functional groups attached to an aromatic ring is 1. The summed E-state index contributed by atoms with van der Waals surface area (Å²) >= 11 is 0. The van der Waals surface area contributed by atoms with Crippen LogP contribution >= 0.6 is 0 Å². The second-order valence-corrected chi connectivity index (χ2v) is 9.74. The van der Waals surface area contributed by atoms with E-state index in [1.165, 1.54) is 0 Å². The fourth-order valence-electron chi connectivity index (χ4n) is 3.93. The summed E-state index contributed by atoms with van der Waals surface area (Å²) in [6.45, 7) is 2.19. The van der Waals surface area contributed by atoms with Gasteiger partial charge in [0, 0.05) is 0 Å². The van der Waals surface area contributed by atoms with Crippen LogP contribution in [0.4, 0.5) is 5.82 Å². The molecule has 0 aliphatic heterocycles. The maximum absolute atomic E-state index is 13.7. The van der Waals surface area contributed by atoms with Crippen molar-refractivity contribution in [3.8, 4) is 5.75 Å². The lowest BCUT2D eigenvalue weighted by Gasteiger charge is -2.09. The van der Waals surface area contributed by atoms with E-state index in [-0.39, 0.29) is 21.1 Å². The Labute approximate surface area is 191 Å². The highest BCUT2D eigenvalue weighted by molar-refractivity contribution is 7.92. The number of anilines is 1. The number of hydrogen-bond donors (Lipinski definition) is 1. The molecule has 0 aliphatic carbocycles. The van der Waals surface area contributed by atoms with E-state index < -0.39 is 9.84 Å². The first-order valence-corrected chi connectivity index (χ1v) is 11.9. The molecule has 7 nitrogen and oxygen atoms in total. The standard InChI is InChI=1S/C25H22N4O3S/c1-16-6-5-7-19(14-16)33(30,31)23-22-25(28-21-9-4-3-8-20(21)27-22)29(24(23)26)15-17-10-12-18(32-2)13-11-17/h3-14H,15,26H2,1-2H3. The Morgan fingerprint density at radius 1 is 0.939 bits per heavy atom. The van der Waals surface area contributed by atoms with Crippen molar-refractivity contribution >= 4 is 37.9 Å². The van der Waals surface area contributed by atoms with E-state index in [1.807, 2.05) is 61.5 Å². The van der Waals surface area contributed by atoms with Gasteiger partial charge < -0.3 is 15.0 Å². The first kappa shape index (κ1) is 21.0. The number of aromatic nitrogens is 3. The molecule has 3 aromatic carbocycles. The molecule has 0 aliphatic rings. The molecule has 0 bridgehead atoms. The first-order chi connectivity index (χ1) is 15.9. The molecule has 166 valence electrons. The number of fused-ring (bicyclic) bond motifs is 2. The van der Waals surface area contributed by atoms with Crippen molar-refractivity contribution in [1.82, 2.24) is 14.5 Å². The van der Waals surface area contributed by atoms with Crippen molar-refractivity contribution in [2.24, 2.45) is 0 Å². The Morgan fingerprint density at radius 2 is 1.64 bits per heavy atom. The molecule has 0 saturated carbocycles. The molecule has 0 fully saturated rings. The summed E-state index contributed by atoms with van der Waals surface area (Å²) in [6.07, 6.45) is 0. The number of nitrogens with zero attached hydrogens (tertiary/aromatic N) is 3. The Kier molecular flexibility index (Phi) is 5.02. The van der Waals surface area contributed by atoms with Gasteiger partial charge in [0.05, 0.1) is 29.6 Å². The van der Waals surface area contributed by atoms with Gasteiger partial charge in [-0.1, -0.05) is 36.4 Å². The van der Waals surface area contributed by atoms with E-state index >= 15 is 0 Å². The molecule has 2 aromatic heterocycles. The van der Waals surface area contributed by atoms with Crippen LogP contribution in [0.15, 0.2) is 82.6 Å². The highest BCUT2D eigenvalue weighted by Crippen LogP contribution is 2.36. The predicted molar refractivity (Wildman–Crippen MR) is 128 cm³/mol. The number of rotatable bonds is 5. The van der Waals surface area contributed by atoms with Crippen LogP contribution < -0.4 is 10.5 Å². The van der Waals surface area contributed by atoms with Crippen molar-refractivity contribution in [1.29, 1.82) is 0 Å². The van der Waals surface area contributed by atoms with Gasteiger partial charge in [-0.3, -0.25) is 0 Å². The van der Waals surface area contributed by atoms with Crippen molar-refractivity contribution in [3.05, 3.63) is 83.9 Å².